The van der Waals surface area contributed by atoms with E-state index < -0.39 is 12.0 Å². The van der Waals surface area contributed by atoms with Crippen molar-refractivity contribution in [1.29, 1.82) is 0 Å². The smallest absolute Gasteiger partial charge is 0.326 e. The second kappa shape index (κ2) is 4.59. The quantitative estimate of drug-likeness (QED) is 0.706. The number of aryl methyl sites for hydroxylation is 1. The van der Waals surface area contributed by atoms with Crippen LogP contribution >= 0.6 is 0 Å². The minimum atomic E-state index is -1.05. The third-order valence-electron chi connectivity index (χ3n) is 2.01. The number of carbonyl (C=O) groups is 2. The summed E-state index contributed by atoms with van der Waals surface area (Å²) in [6.45, 7) is 1.29. The van der Waals surface area contributed by atoms with Crippen molar-refractivity contribution in [3.63, 3.8) is 0 Å². The molecule has 1 aromatic rings. The van der Waals surface area contributed by atoms with Crippen LogP contribution in [-0.2, 0) is 23.1 Å². The van der Waals surface area contributed by atoms with E-state index in [2.05, 4.69) is 10.3 Å². The number of imidazole rings is 1. The van der Waals surface area contributed by atoms with Crippen LogP contribution in [0.5, 0.6) is 0 Å². The van der Waals surface area contributed by atoms with Crippen LogP contribution in [0.4, 0.5) is 0 Å². The van der Waals surface area contributed by atoms with Gasteiger partial charge in [0.05, 0.1) is 6.33 Å². The fourth-order valence-electron chi connectivity index (χ4n) is 1.24. The van der Waals surface area contributed by atoms with E-state index in [0.717, 1.165) is 5.69 Å². The molecule has 1 atom stereocenters. The number of amides is 1. The van der Waals surface area contributed by atoms with Crippen molar-refractivity contribution in [2.75, 3.05) is 0 Å². The number of carboxylic acids is 1. The molecule has 0 spiro atoms. The second-order valence-electron chi connectivity index (χ2n) is 3.29. The summed E-state index contributed by atoms with van der Waals surface area (Å²) >= 11 is 0. The minimum Gasteiger partial charge on any atom is -0.480 e. The molecule has 1 rings (SSSR count). The molecule has 6 heteroatoms. The van der Waals surface area contributed by atoms with Gasteiger partial charge in [0.2, 0.25) is 5.91 Å². The van der Waals surface area contributed by atoms with Crippen molar-refractivity contribution in [2.24, 2.45) is 7.05 Å². The van der Waals surface area contributed by atoms with Crippen LogP contribution in [0.3, 0.4) is 0 Å². The van der Waals surface area contributed by atoms with E-state index in [9.17, 15) is 9.59 Å². The molecule has 0 saturated heterocycles. The molecular formula is C9H13N3O3. The van der Waals surface area contributed by atoms with Gasteiger partial charge in [-0.1, -0.05) is 0 Å². The molecule has 6 nitrogen and oxygen atoms in total. The average Bonchev–Trinajstić information content (AvgIpc) is 2.50. The number of nitrogens with one attached hydrogen (secondary N) is 1. The number of aromatic nitrogens is 2. The summed E-state index contributed by atoms with van der Waals surface area (Å²) in [4.78, 5) is 25.5. The van der Waals surface area contributed by atoms with Crippen LogP contribution in [0.2, 0.25) is 0 Å². The lowest BCUT2D eigenvalue weighted by Gasteiger charge is -2.12. The third kappa shape index (κ3) is 3.08. The van der Waals surface area contributed by atoms with Crippen LogP contribution in [-0.4, -0.2) is 32.6 Å². The van der Waals surface area contributed by atoms with Crippen LogP contribution in [0.15, 0.2) is 12.5 Å². The van der Waals surface area contributed by atoms with Gasteiger partial charge in [-0.2, -0.15) is 0 Å². The van der Waals surface area contributed by atoms with Gasteiger partial charge in [0.25, 0.3) is 0 Å². The Labute approximate surface area is 86.9 Å². The summed E-state index contributed by atoms with van der Waals surface area (Å²) in [5, 5.41) is 11.2. The first kappa shape index (κ1) is 11.2. The van der Waals surface area contributed by atoms with Crippen LogP contribution < -0.4 is 5.32 Å². The zero-order valence-electron chi connectivity index (χ0n) is 8.60. The summed E-state index contributed by atoms with van der Waals surface area (Å²) < 4.78 is 1.72. The van der Waals surface area contributed by atoms with E-state index in [1.165, 1.54) is 6.92 Å². The van der Waals surface area contributed by atoms with E-state index in [1.54, 1.807) is 24.1 Å². The van der Waals surface area contributed by atoms with Crippen molar-refractivity contribution in [3.05, 3.63) is 18.2 Å². The highest BCUT2D eigenvalue weighted by atomic mass is 16.4. The SMILES string of the molecule is CC(=O)N[C@H](Cc1cncn1C)C(=O)O. The van der Waals surface area contributed by atoms with Crippen LogP contribution in [0.1, 0.15) is 12.6 Å². The number of hydrogen-bond donors (Lipinski definition) is 2. The Balaban J connectivity index is 2.71. The van der Waals surface area contributed by atoms with Gasteiger partial charge in [0, 0.05) is 32.3 Å². The molecule has 1 aromatic heterocycles. The molecule has 0 radical (unpaired) electrons. The molecule has 1 amide bonds. The van der Waals surface area contributed by atoms with E-state index in [-0.39, 0.29) is 12.3 Å². The molecule has 15 heavy (non-hydrogen) atoms. The number of aliphatic carboxylic acids is 1. The lowest BCUT2D eigenvalue weighted by molar-refractivity contribution is -0.141. The molecule has 2 N–H and O–H groups in total. The predicted octanol–water partition coefficient (Wildman–Crippen LogP) is -0.448. The maximum Gasteiger partial charge on any atom is 0.326 e. The monoisotopic (exact) mass is 211 g/mol. The number of hydrogen-bond acceptors (Lipinski definition) is 3. The topological polar surface area (TPSA) is 84.2 Å². The molecular weight excluding hydrogens is 198 g/mol. The van der Waals surface area contributed by atoms with E-state index in [0.29, 0.717) is 0 Å². The summed E-state index contributed by atoms with van der Waals surface area (Å²) in [6, 6.07) is -0.905. The zero-order valence-corrected chi connectivity index (χ0v) is 8.60. The second-order valence-corrected chi connectivity index (χ2v) is 3.29. The first-order chi connectivity index (χ1) is 7.00. The highest BCUT2D eigenvalue weighted by molar-refractivity contribution is 5.82. The van der Waals surface area contributed by atoms with E-state index >= 15 is 0 Å². The van der Waals surface area contributed by atoms with Gasteiger partial charge in [-0.05, 0) is 0 Å². The molecule has 0 aliphatic carbocycles. The van der Waals surface area contributed by atoms with Crippen molar-refractivity contribution in [3.8, 4) is 0 Å². The fraction of sp³-hybridized carbons (Fsp3) is 0.444. The number of nitrogens with zero attached hydrogens (tertiary/aromatic N) is 2. The molecule has 0 aliphatic rings. The van der Waals surface area contributed by atoms with Gasteiger partial charge < -0.3 is 15.0 Å². The minimum absolute atomic E-state index is 0.228. The van der Waals surface area contributed by atoms with Gasteiger partial charge in [0.15, 0.2) is 0 Å². The average molecular weight is 211 g/mol. The Kier molecular flexibility index (Phi) is 3.43. The standard InChI is InChI=1S/C9H13N3O3/c1-6(13)11-8(9(14)15)3-7-4-10-5-12(7)2/h4-5,8H,3H2,1-2H3,(H,11,13)(H,14,15)/t8-/m1/s1. The van der Waals surface area contributed by atoms with Crippen LogP contribution in [0, 0.1) is 0 Å². The fourth-order valence-corrected chi connectivity index (χ4v) is 1.24. The van der Waals surface area contributed by atoms with E-state index in [4.69, 9.17) is 5.11 Å². The van der Waals surface area contributed by atoms with Gasteiger partial charge >= 0.3 is 5.97 Å². The van der Waals surface area contributed by atoms with Crippen molar-refractivity contribution >= 4 is 11.9 Å². The normalized spacial score (nSPS) is 12.1. The Bertz CT molecular complexity index is 372. The molecule has 1 heterocycles. The maximum absolute atomic E-state index is 10.8. The number of carbonyl (C=O) groups excluding carboxylic acids is 1. The first-order valence-corrected chi connectivity index (χ1v) is 4.46. The van der Waals surface area contributed by atoms with Crippen molar-refractivity contribution in [1.82, 2.24) is 14.9 Å². The summed E-state index contributed by atoms with van der Waals surface area (Å²) in [6.07, 6.45) is 3.39. The highest BCUT2D eigenvalue weighted by Crippen LogP contribution is 2.01. The molecule has 0 bridgehead atoms. The predicted molar refractivity (Wildman–Crippen MR) is 52.2 cm³/mol. The van der Waals surface area contributed by atoms with Gasteiger partial charge in [-0.3, -0.25) is 4.79 Å². The molecule has 0 fully saturated rings. The Morgan fingerprint density at radius 3 is 2.73 bits per heavy atom. The summed E-state index contributed by atoms with van der Waals surface area (Å²) in [5.74, 6) is -1.41. The molecule has 0 aliphatic heterocycles. The lowest BCUT2D eigenvalue weighted by atomic mass is 10.1. The van der Waals surface area contributed by atoms with Crippen LogP contribution in [0.25, 0.3) is 0 Å². The van der Waals surface area contributed by atoms with Gasteiger partial charge in [0.1, 0.15) is 6.04 Å². The number of carboxylic acid groups (broad SMARTS) is 1. The van der Waals surface area contributed by atoms with Crippen molar-refractivity contribution in [2.45, 2.75) is 19.4 Å². The van der Waals surface area contributed by atoms with E-state index in [1.807, 2.05) is 0 Å². The Morgan fingerprint density at radius 2 is 2.33 bits per heavy atom. The molecule has 0 saturated carbocycles. The Morgan fingerprint density at radius 1 is 1.67 bits per heavy atom. The third-order valence-corrected chi connectivity index (χ3v) is 2.01. The van der Waals surface area contributed by atoms with Gasteiger partial charge in [-0.25, -0.2) is 9.78 Å². The lowest BCUT2D eigenvalue weighted by Crippen LogP contribution is -2.41. The molecule has 0 aromatic carbocycles. The largest absolute Gasteiger partial charge is 0.480 e. The summed E-state index contributed by atoms with van der Waals surface area (Å²) in [5.41, 5.74) is 0.760. The molecule has 82 valence electrons. The highest BCUT2D eigenvalue weighted by Gasteiger charge is 2.19. The summed E-state index contributed by atoms with van der Waals surface area (Å²) in [7, 11) is 1.77. The first-order valence-electron chi connectivity index (χ1n) is 4.46. The van der Waals surface area contributed by atoms with Gasteiger partial charge in [-0.15, -0.1) is 0 Å². The Hall–Kier alpha value is -1.85. The zero-order chi connectivity index (χ0) is 11.4. The molecule has 0 unspecified atom stereocenters. The maximum atomic E-state index is 10.8. The number of rotatable bonds is 4. The van der Waals surface area contributed by atoms with Crippen molar-refractivity contribution < 1.29 is 14.7 Å².